The van der Waals surface area contributed by atoms with Gasteiger partial charge in [0.05, 0.1) is 0 Å². The molecule has 1 atom stereocenters. The molecule has 0 amide bonds. The van der Waals surface area contributed by atoms with Crippen LogP contribution >= 0.6 is 27.5 Å². The minimum absolute atomic E-state index is 0.306. The summed E-state index contributed by atoms with van der Waals surface area (Å²) < 4.78 is 0.982. The molecular formula is C16H18BrClN2. The molecule has 0 heterocycles. The summed E-state index contributed by atoms with van der Waals surface area (Å²) in [6.45, 7) is 3.01. The molecule has 0 spiro atoms. The Morgan fingerprint density at radius 3 is 2.50 bits per heavy atom. The van der Waals surface area contributed by atoms with Crippen LogP contribution in [0.5, 0.6) is 0 Å². The van der Waals surface area contributed by atoms with E-state index in [-0.39, 0.29) is 0 Å². The second kappa shape index (κ2) is 6.61. The highest BCUT2D eigenvalue weighted by Gasteiger charge is 2.13. The summed E-state index contributed by atoms with van der Waals surface area (Å²) in [5, 5.41) is 0.766. The Kier molecular flexibility index (Phi) is 5.08. The van der Waals surface area contributed by atoms with Crippen molar-refractivity contribution in [2.45, 2.75) is 19.5 Å². The van der Waals surface area contributed by atoms with E-state index >= 15 is 0 Å². The number of rotatable bonds is 4. The van der Waals surface area contributed by atoms with E-state index in [0.717, 1.165) is 21.7 Å². The van der Waals surface area contributed by atoms with Crippen molar-refractivity contribution in [3.8, 4) is 0 Å². The van der Waals surface area contributed by atoms with Gasteiger partial charge in [-0.05, 0) is 59.2 Å². The van der Waals surface area contributed by atoms with Crippen LogP contribution in [0, 0.1) is 0 Å². The first kappa shape index (κ1) is 15.4. The van der Waals surface area contributed by atoms with E-state index in [1.165, 1.54) is 11.1 Å². The van der Waals surface area contributed by atoms with Gasteiger partial charge in [-0.1, -0.05) is 35.9 Å². The molecule has 0 bridgehead atoms. The quantitative estimate of drug-likeness (QED) is 0.794. The van der Waals surface area contributed by atoms with Crippen molar-refractivity contribution < 1.29 is 0 Å². The lowest BCUT2D eigenvalue weighted by Gasteiger charge is -2.26. The maximum atomic E-state index is 5.93. The molecule has 0 saturated carbocycles. The predicted molar refractivity (Wildman–Crippen MR) is 89.9 cm³/mol. The number of hydrogen-bond acceptors (Lipinski definition) is 2. The lowest BCUT2D eigenvalue weighted by molar-refractivity contribution is 0.252. The van der Waals surface area contributed by atoms with Crippen LogP contribution in [-0.2, 0) is 6.54 Å². The molecular weight excluding hydrogens is 336 g/mol. The zero-order chi connectivity index (χ0) is 14.7. The molecule has 1 unspecified atom stereocenters. The van der Waals surface area contributed by atoms with Crippen LogP contribution < -0.4 is 5.73 Å². The highest BCUT2D eigenvalue weighted by atomic mass is 79.9. The van der Waals surface area contributed by atoms with Gasteiger partial charge in [-0.2, -0.15) is 0 Å². The van der Waals surface area contributed by atoms with Crippen molar-refractivity contribution in [2.24, 2.45) is 0 Å². The summed E-state index contributed by atoms with van der Waals surface area (Å²) in [5.74, 6) is 0. The Balaban J connectivity index is 2.13. The SMILES string of the molecule is CC(c1ccc(Cl)cc1)N(C)Cc1cccc(N)c1Br. The Labute approximate surface area is 133 Å². The van der Waals surface area contributed by atoms with Crippen LogP contribution in [0.3, 0.4) is 0 Å². The van der Waals surface area contributed by atoms with Crippen molar-refractivity contribution in [2.75, 3.05) is 12.8 Å². The average Bonchev–Trinajstić information content (AvgIpc) is 2.44. The maximum Gasteiger partial charge on any atom is 0.0461 e. The highest BCUT2D eigenvalue weighted by molar-refractivity contribution is 9.10. The fraction of sp³-hybridized carbons (Fsp3) is 0.250. The molecule has 0 fully saturated rings. The van der Waals surface area contributed by atoms with Crippen molar-refractivity contribution in [3.63, 3.8) is 0 Å². The molecule has 0 aliphatic carbocycles. The number of nitrogens with zero attached hydrogens (tertiary/aromatic N) is 1. The summed E-state index contributed by atoms with van der Waals surface area (Å²) in [6, 6.07) is 14.3. The van der Waals surface area contributed by atoms with E-state index in [1.54, 1.807) is 0 Å². The summed E-state index contributed by atoms with van der Waals surface area (Å²) in [5.41, 5.74) is 9.13. The molecule has 0 aromatic heterocycles. The van der Waals surface area contributed by atoms with Gasteiger partial charge in [0.1, 0.15) is 0 Å². The smallest absolute Gasteiger partial charge is 0.0461 e. The average molecular weight is 354 g/mol. The first-order chi connectivity index (χ1) is 9.49. The maximum absolute atomic E-state index is 5.93. The molecule has 2 aromatic carbocycles. The van der Waals surface area contributed by atoms with Crippen LogP contribution in [0.25, 0.3) is 0 Å². The molecule has 0 aliphatic rings. The van der Waals surface area contributed by atoms with Gasteiger partial charge in [0.25, 0.3) is 0 Å². The summed E-state index contributed by atoms with van der Waals surface area (Å²) >= 11 is 9.48. The zero-order valence-electron chi connectivity index (χ0n) is 11.6. The van der Waals surface area contributed by atoms with Gasteiger partial charge in [0, 0.05) is 27.8 Å². The van der Waals surface area contributed by atoms with E-state index in [0.29, 0.717) is 6.04 Å². The van der Waals surface area contributed by atoms with Gasteiger partial charge >= 0.3 is 0 Å². The minimum atomic E-state index is 0.306. The van der Waals surface area contributed by atoms with Crippen LogP contribution in [0.1, 0.15) is 24.1 Å². The second-order valence-corrected chi connectivity index (χ2v) is 6.19. The molecule has 0 saturated heterocycles. The molecule has 2 aromatic rings. The highest BCUT2D eigenvalue weighted by Crippen LogP contribution is 2.28. The van der Waals surface area contributed by atoms with Crippen molar-refractivity contribution in [1.82, 2.24) is 4.90 Å². The number of nitrogen functional groups attached to an aromatic ring is 1. The minimum Gasteiger partial charge on any atom is -0.398 e. The lowest BCUT2D eigenvalue weighted by atomic mass is 10.1. The summed E-state index contributed by atoms with van der Waals surface area (Å²) in [7, 11) is 2.11. The number of benzene rings is 2. The Morgan fingerprint density at radius 2 is 1.85 bits per heavy atom. The predicted octanol–water partition coefficient (Wildman–Crippen LogP) is 4.88. The van der Waals surface area contributed by atoms with Crippen LogP contribution in [-0.4, -0.2) is 11.9 Å². The topological polar surface area (TPSA) is 29.3 Å². The fourth-order valence-electron chi connectivity index (χ4n) is 2.12. The second-order valence-electron chi connectivity index (χ2n) is 4.96. The number of nitrogens with two attached hydrogens (primary N) is 1. The van der Waals surface area contributed by atoms with E-state index in [9.17, 15) is 0 Å². The van der Waals surface area contributed by atoms with Gasteiger partial charge in [-0.25, -0.2) is 0 Å². The summed E-state index contributed by atoms with van der Waals surface area (Å²) in [4.78, 5) is 2.28. The number of halogens is 2. The molecule has 2 N–H and O–H groups in total. The Hall–Kier alpha value is -1.03. The monoisotopic (exact) mass is 352 g/mol. The third kappa shape index (κ3) is 3.54. The Bertz CT molecular complexity index is 584. The molecule has 2 rings (SSSR count). The first-order valence-corrected chi connectivity index (χ1v) is 7.64. The molecule has 0 radical (unpaired) electrons. The molecule has 0 aliphatic heterocycles. The van der Waals surface area contributed by atoms with E-state index < -0.39 is 0 Å². The molecule has 4 heteroatoms. The molecule has 106 valence electrons. The summed E-state index contributed by atoms with van der Waals surface area (Å²) in [6.07, 6.45) is 0. The normalized spacial score (nSPS) is 12.7. The van der Waals surface area contributed by atoms with Gasteiger partial charge in [0.15, 0.2) is 0 Å². The van der Waals surface area contributed by atoms with Gasteiger partial charge < -0.3 is 5.73 Å². The lowest BCUT2D eigenvalue weighted by Crippen LogP contribution is -2.22. The number of anilines is 1. The van der Waals surface area contributed by atoms with Gasteiger partial charge in [-0.15, -0.1) is 0 Å². The number of hydrogen-bond donors (Lipinski definition) is 1. The van der Waals surface area contributed by atoms with Gasteiger partial charge in [-0.3, -0.25) is 4.90 Å². The molecule has 20 heavy (non-hydrogen) atoms. The van der Waals surface area contributed by atoms with E-state index in [1.807, 2.05) is 24.3 Å². The third-order valence-corrected chi connectivity index (χ3v) is 4.76. The van der Waals surface area contributed by atoms with Crippen molar-refractivity contribution in [3.05, 3.63) is 63.1 Å². The van der Waals surface area contributed by atoms with Crippen molar-refractivity contribution >= 4 is 33.2 Å². The van der Waals surface area contributed by atoms with E-state index in [2.05, 4.69) is 53.0 Å². The van der Waals surface area contributed by atoms with Crippen molar-refractivity contribution in [1.29, 1.82) is 0 Å². The van der Waals surface area contributed by atoms with Crippen LogP contribution in [0.2, 0.25) is 5.02 Å². The van der Waals surface area contributed by atoms with Crippen LogP contribution in [0.4, 0.5) is 5.69 Å². The first-order valence-electron chi connectivity index (χ1n) is 6.47. The largest absolute Gasteiger partial charge is 0.398 e. The fourth-order valence-corrected chi connectivity index (χ4v) is 2.64. The van der Waals surface area contributed by atoms with E-state index in [4.69, 9.17) is 17.3 Å². The standard InChI is InChI=1S/C16H18BrClN2/c1-11(12-6-8-14(18)9-7-12)20(2)10-13-4-3-5-15(19)16(13)17/h3-9,11H,10,19H2,1-2H3. The van der Waals surface area contributed by atoms with Gasteiger partial charge in [0.2, 0.25) is 0 Å². The molecule has 2 nitrogen and oxygen atoms in total. The third-order valence-electron chi connectivity index (χ3n) is 3.54. The zero-order valence-corrected chi connectivity index (χ0v) is 13.9. The Morgan fingerprint density at radius 1 is 1.20 bits per heavy atom. The van der Waals surface area contributed by atoms with Crippen LogP contribution in [0.15, 0.2) is 46.9 Å².